The van der Waals surface area contributed by atoms with Crippen molar-refractivity contribution in [2.24, 2.45) is 17.3 Å². The van der Waals surface area contributed by atoms with E-state index >= 15 is 0 Å². The average molecular weight is 477 g/mol. The van der Waals surface area contributed by atoms with Crippen LogP contribution >= 0.6 is 0 Å². The molecule has 1 aromatic heterocycles. The summed E-state index contributed by atoms with van der Waals surface area (Å²) in [4.78, 5) is 16.4. The smallest absolute Gasteiger partial charge is 0.433 e. The molecule has 0 aliphatic heterocycles. The molecule has 1 amide bonds. The van der Waals surface area contributed by atoms with Crippen molar-refractivity contribution in [3.63, 3.8) is 0 Å². The van der Waals surface area contributed by atoms with Crippen LogP contribution in [0.2, 0.25) is 0 Å². The minimum absolute atomic E-state index is 0.0107. The molecular formula is C22H31F3N2O4S. The SMILES string of the molecule is CCCS(=O)(=O)C[C@H]1C[C@@](CNC(=O)c2c(C)cc(C(F)(F)F)nc2OC)(CC2CC2)C1. The summed E-state index contributed by atoms with van der Waals surface area (Å²) in [7, 11) is -1.88. The standard InChI is InChI=1S/C22H31F3N2O4S/c1-4-7-32(29,30)12-16-10-21(11-16,9-15-5-6-15)13-26-19(28)18-14(2)8-17(22(23,24)25)27-20(18)31-3/h8,15-16H,4-7,9-13H2,1-3H3,(H,26,28)/t16-,21-. The van der Waals surface area contributed by atoms with Gasteiger partial charge in [-0.05, 0) is 61.5 Å². The molecule has 2 fully saturated rings. The normalized spacial score (nSPS) is 23.5. The van der Waals surface area contributed by atoms with Gasteiger partial charge in [0.15, 0.2) is 9.84 Å². The Bertz CT molecular complexity index is 953. The molecule has 2 aliphatic rings. The monoisotopic (exact) mass is 476 g/mol. The van der Waals surface area contributed by atoms with E-state index in [1.807, 2.05) is 6.92 Å². The molecule has 3 rings (SSSR count). The van der Waals surface area contributed by atoms with Crippen LogP contribution in [0, 0.1) is 24.2 Å². The molecule has 0 saturated heterocycles. The lowest BCUT2D eigenvalue weighted by molar-refractivity contribution is -0.141. The molecule has 180 valence electrons. The van der Waals surface area contributed by atoms with Crippen molar-refractivity contribution >= 4 is 15.7 Å². The second-order valence-corrected chi connectivity index (χ2v) is 11.7. The molecule has 10 heteroatoms. The third kappa shape index (κ3) is 5.94. The quantitative estimate of drug-likeness (QED) is 0.548. The Morgan fingerprint density at radius 1 is 1.28 bits per heavy atom. The molecule has 1 aromatic rings. The van der Waals surface area contributed by atoms with Gasteiger partial charge in [0.05, 0.1) is 12.9 Å². The Hall–Kier alpha value is -1.84. The summed E-state index contributed by atoms with van der Waals surface area (Å²) in [6, 6.07) is 0.843. The Labute approximate surface area is 187 Å². The number of pyridine rings is 1. The Morgan fingerprint density at radius 3 is 2.47 bits per heavy atom. The van der Waals surface area contributed by atoms with Crippen molar-refractivity contribution in [3.8, 4) is 5.88 Å². The highest BCUT2D eigenvalue weighted by Crippen LogP contribution is 2.54. The van der Waals surface area contributed by atoms with Crippen LogP contribution in [0.4, 0.5) is 13.2 Å². The predicted molar refractivity (Wildman–Crippen MR) is 114 cm³/mol. The van der Waals surface area contributed by atoms with Crippen molar-refractivity contribution in [1.82, 2.24) is 10.3 Å². The number of alkyl halides is 3. The molecule has 6 nitrogen and oxygen atoms in total. The van der Waals surface area contributed by atoms with Crippen LogP contribution in [0.5, 0.6) is 5.88 Å². The number of sulfone groups is 1. The lowest BCUT2D eigenvalue weighted by Gasteiger charge is -2.48. The first kappa shape index (κ1) is 24.8. The van der Waals surface area contributed by atoms with Gasteiger partial charge >= 0.3 is 6.18 Å². The van der Waals surface area contributed by atoms with E-state index in [0.717, 1.165) is 38.2 Å². The van der Waals surface area contributed by atoms with Crippen molar-refractivity contribution in [1.29, 1.82) is 0 Å². The van der Waals surface area contributed by atoms with Crippen LogP contribution in [0.15, 0.2) is 6.07 Å². The third-order valence-corrected chi connectivity index (χ3v) is 8.39. The summed E-state index contributed by atoms with van der Waals surface area (Å²) in [6.07, 6.45) is 0.636. The summed E-state index contributed by atoms with van der Waals surface area (Å²) in [6.45, 7) is 3.63. The predicted octanol–water partition coefficient (Wildman–Crippen LogP) is 4.17. The van der Waals surface area contributed by atoms with E-state index in [4.69, 9.17) is 4.74 Å². The summed E-state index contributed by atoms with van der Waals surface area (Å²) >= 11 is 0. The molecule has 0 spiro atoms. The van der Waals surface area contributed by atoms with Gasteiger partial charge in [-0.3, -0.25) is 4.79 Å². The maximum absolute atomic E-state index is 13.0. The van der Waals surface area contributed by atoms with Crippen molar-refractivity contribution in [2.45, 2.75) is 58.5 Å². The van der Waals surface area contributed by atoms with Crippen LogP contribution in [0.3, 0.4) is 0 Å². The molecule has 0 unspecified atom stereocenters. The second kappa shape index (κ2) is 9.19. The van der Waals surface area contributed by atoms with E-state index in [-0.39, 0.29) is 39.8 Å². The fraction of sp³-hybridized carbons (Fsp3) is 0.727. The first-order valence-corrected chi connectivity index (χ1v) is 12.8. The number of aromatic nitrogens is 1. The summed E-state index contributed by atoms with van der Waals surface area (Å²) < 4.78 is 68.4. The lowest BCUT2D eigenvalue weighted by Crippen LogP contribution is -2.48. The number of hydrogen-bond acceptors (Lipinski definition) is 5. The van der Waals surface area contributed by atoms with E-state index in [2.05, 4.69) is 10.3 Å². The molecule has 2 aliphatic carbocycles. The van der Waals surface area contributed by atoms with Crippen molar-refractivity contribution in [2.75, 3.05) is 25.2 Å². The van der Waals surface area contributed by atoms with Gasteiger partial charge in [-0.15, -0.1) is 0 Å². The summed E-state index contributed by atoms with van der Waals surface area (Å²) in [5.74, 6) is 0.170. The van der Waals surface area contributed by atoms with Gasteiger partial charge < -0.3 is 10.1 Å². The number of aryl methyl sites for hydroxylation is 1. The van der Waals surface area contributed by atoms with Crippen LogP contribution in [-0.2, 0) is 16.0 Å². The number of methoxy groups -OCH3 is 1. The average Bonchev–Trinajstić information content (AvgIpc) is 3.46. The molecule has 0 atom stereocenters. The fourth-order valence-electron chi connectivity index (χ4n) is 4.92. The highest BCUT2D eigenvalue weighted by molar-refractivity contribution is 7.91. The van der Waals surface area contributed by atoms with Crippen LogP contribution < -0.4 is 10.1 Å². The summed E-state index contributed by atoms with van der Waals surface area (Å²) in [5.41, 5.74) is -1.15. The number of nitrogens with one attached hydrogen (secondary N) is 1. The van der Waals surface area contributed by atoms with Crippen LogP contribution in [0.1, 0.15) is 67.1 Å². The van der Waals surface area contributed by atoms with E-state index in [1.165, 1.54) is 14.0 Å². The van der Waals surface area contributed by atoms with Gasteiger partial charge in [0.1, 0.15) is 11.3 Å². The van der Waals surface area contributed by atoms with E-state index in [1.54, 1.807) is 0 Å². The first-order valence-electron chi connectivity index (χ1n) is 11.0. The Kier molecular flexibility index (Phi) is 7.12. The summed E-state index contributed by atoms with van der Waals surface area (Å²) in [5, 5.41) is 2.87. The highest BCUT2D eigenvalue weighted by atomic mass is 32.2. The molecular weight excluding hydrogens is 445 g/mol. The zero-order valence-electron chi connectivity index (χ0n) is 18.7. The zero-order chi connectivity index (χ0) is 23.7. The van der Waals surface area contributed by atoms with E-state index in [9.17, 15) is 26.4 Å². The maximum Gasteiger partial charge on any atom is 0.433 e. The molecule has 1 heterocycles. The number of ether oxygens (including phenoxy) is 1. The third-order valence-electron chi connectivity index (χ3n) is 6.38. The first-order chi connectivity index (χ1) is 14.9. The van der Waals surface area contributed by atoms with Crippen LogP contribution in [-0.4, -0.2) is 44.5 Å². The molecule has 0 aromatic carbocycles. The minimum Gasteiger partial charge on any atom is -0.480 e. The van der Waals surface area contributed by atoms with Gasteiger partial charge in [-0.2, -0.15) is 13.2 Å². The molecule has 0 bridgehead atoms. The Balaban J connectivity index is 1.69. The van der Waals surface area contributed by atoms with Gasteiger partial charge in [-0.1, -0.05) is 19.8 Å². The van der Waals surface area contributed by atoms with Crippen molar-refractivity contribution < 1.29 is 31.1 Å². The number of nitrogens with zero attached hydrogens (tertiary/aromatic N) is 1. The van der Waals surface area contributed by atoms with E-state index < -0.39 is 27.6 Å². The molecule has 0 radical (unpaired) electrons. The number of halogens is 3. The molecule has 32 heavy (non-hydrogen) atoms. The minimum atomic E-state index is -4.64. The number of carbonyl (C=O) groups is 1. The van der Waals surface area contributed by atoms with Gasteiger partial charge in [0, 0.05) is 12.3 Å². The molecule has 1 N–H and O–H groups in total. The van der Waals surface area contributed by atoms with E-state index in [0.29, 0.717) is 18.9 Å². The number of hydrogen-bond donors (Lipinski definition) is 1. The maximum atomic E-state index is 13.0. The number of rotatable bonds is 10. The van der Waals surface area contributed by atoms with Gasteiger partial charge in [0.25, 0.3) is 5.91 Å². The zero-order valence-corrected chi connectivity index (χ0v) is 19.5. The number of carbonyl (C=O) groups excluding carboxylic acids is 1. The Morgan fingerprint density at radius 2 is 1.94 bits per heavy atom. The molecule has 2 saturated carbocycles. The number of amides is 1. The lowest BCUT2D eigenvalue weighted by atomic mass is 9.60. The second-order valence-electron chi connectivity index (χ2n) is 9.43. The fourth-order valence-corrected chi connectivity index (χ4v) is 6.67. The van der Waals surface area contributed by atoms with Gasteiger partial charge in [-0.25, -0.2) is 13.4 Å². The topological polar surface area (TPSA) is 85.4 Å². The van der Waals surface area contributed by atoms with Crippen molar-refractivity contribution in [3.05, 3.63) is 22.9 Å². The van der Waals surface area contributed by atoms with Gasteiger partial charge in [0.2, 0.25) is 5.88 Å². The largest absolute Gasteiger partial charge is 0.480 e. The highest BCUT2D eigenvalue weighted by Gasteiger charge is 2.48. The van der Waals surface area contributed by atoms with Crippen LogP contribution in [0.25, 0.3) is 0 Å².